The fourth-order valence-corrected chi connectivity index (χ4v) is 6.00. The van der Waals surface area contributed by atoms with Crippen LogP contribution >= 0.6 is 0 Å². The molecule has 0 aliphatic heterocycles. The first-order valence-electron chi connectivity index (χ1n) is 18.6. The Morgan fingerprint density at radius 1 is 0.375 bits per heavy atom. The zero-order valence-corrected chi connectivity index (χ0v) is 27.6. The van der Waals surface area contributed by atoms with Crippen molar-refractivity contribution in [3.63, 3.8) is 0 Å². The normalized spacial score (nSPS) is 11.3. The molecule has 2 heteroatoms. The zero-order valence-electron chi connectivity index (χ0n) is 27.6. The van der Waals surface area contributed by atoms with Crippen molar-refractivity contribution < 1.29 is 9.90 Å². The van der Waals surface area contributed by atoms with Crippen molar-refractivity contribution in [3.8, 4) is 0 Å². The number of carbonyl (C=O) groups is 1. The Labute approximate surface area is 253 Å². The number of rotatable bonds is 35. The summed E-state index contributed by atoms with van der Waals surface area (Å²) in [6.45, 7) is 5.90. The molecule has 40 heavy (non-hydrogen) atoms. The van der Waals surface area contributed by atoms with Crippen molar-refractivity contribution >= 4 is 5.97 Å². The molecule has 0 unspecified atom stereocenters. The summed E-state index contributed by atoms with van der Waals surface area (Å²) < 4.78 is 0. The van der Waals surface area contributed by atoms with Crippen LogP contribution in [0.2, 0.25) is 0 Å². The largest absolute Gasteiger partial charge is 0.478 e. The van der Waals surface area contributed by atoms with E-state index >= 15 is 0 Å². The second-order valence-corrected chi connectivity index (χ2v) is 13.0. The lowest BCUT2D eigenvalue weighted by Crippen LogP contribution is -1.98. The lowest BCUT2D eigenvalue weighted by Gasteiger charge is -2.05. The van der Waals surface area contributed by atoms with E-state index in [1.54, 1.807) is 0 Å². The van der Waals surface area contributed by atoms with Gasteiger partial charge >= 0.3 is 5.97 Å². The highest BCUT2D eigenvalue weighted by Gasteiger charge is 2.02. The first-order chi connectivity index (χ1) is 19.7. The van der Waals surface area contributed by atoms with Gasteiger partial charge in [-0.15, -0.1) is 0 Å². The highest BCUT2D eigenvalue weighted by Crippen LogP contribution is 2.17. The molecule has 0 atom stereocenters. The lowest BCUT2D eigenvalue weighted by molar-refractivity contribution is -0.132. The SMILES string of the molecule is C=C(CCCCCCCCCCCCCCCCCCCCCCCCCCCCCCCCCCC)C(=O)O. The van der Waals surface area contributed by atoms with Gasteiger partial charge in [-0.3, -0.25) is 0 Å². The summed E-state index contributed by atoms with van der Waals surface area (Å²) in [4.78, 5) is 10.7. The number of carboxylic acids is 1. The molecule has 0 aromatic carbocycles. The topological polar surface area (TPSA) is 37.3 Å². The van der Waals surface area contributed by atoms with E-state index in [-0.39, 0.29) is 0 Å². The van der Waals surface area contributed by atoms with Crippen molar-refractivity contribution in [2.75, 3.05) is 0 Å². The maximum Gasteiger partial charge on any atom is 0.330 e. The molecule has 0 heterocycles. The van der Waals surface area contributed by atoms with E-state index in [0.717, 1.165) is 12.8 Å². The minimum atomic E-state index is -0.837. The standard InChI is InChI=1S/C38H74O2/c1-3-4-5-6-7-8-9-10-11-12-13-14-15-16-17-18-19-20-21-22-23-24-25-26-27-28-29-30-31-32-33-34-35-36-37(2)38(39)40/h2-36H2,1H3,(H,39,40). The van der Waals surface area contributed by atoms with Gasteiger partial charge in [0.15, 0.2) is 0 Å². The summed E-state index contributed by atoms with van der Waals surface area (Å²) in [6.07, 6.45) is 47.4. The van der Waals surface area contributed by atoms with Gasteiger partial charge < -0.3 is 5.11 Å². The van der Waals surface area contributed by atoms with E-state index in [0.29, 0.717) is 12.0 Å². The smallest absolute Gasteiger partial charge is 0.330 e. The van der Waals surface area contributed by atoms with Gasteiger partial charge in [0.2, 0.25) is 0 Å². The fourth-order valence-electron chi connectivity index (χ4n) is 6.00. The summed E-state index contributed by atoms with van der Waals surface area (Å²) in [6, 6.07) is 0. The third-order valence-corrected chi connectivity index (χ3v) is 8.88. The molecule has 0 aliphatic carbocycles. The van der Waals surface area contributed by atoms with Crippen molar-refractivity contribution in [3.05, 3.63) is 12.2 Å². The van der Waals surface area contributed by atoms with Gasteiger partial charge in [-0.2, -0.15) is 0 Å². The second-order valence-electron chi connectivity index (χ2n) is 13.0. The van der Waals surface area contributed by atoms with Crippen LogP contribution in [0.25, 0.3) is 0 Å². The maximum atomic E-state index is 10.7. The van der Waals surface area contributed by atoms with Crippen molar-refractivity contribution in [1.29, 1.82) is 0 Å². The average molecular weight is 563 g/mol. The molecule has 0 aliphatic rings. The van der Waals surface area contributed by atoms with E-state index in [1.807, 2.05) is 0 Å². The molecule has 0 saturated carbocycles. The Kier molecular flexibility index (Phi) is 33.7. The van der Waals surface area contributed by atoms with Crippen LogP contribution < -0.4 is 0 Å². The molecule has 1 N–H and O–H groups in total. The average Bonchev–Trinajstić information content (AvgIpc) is 2.95. The van der Waals surface area contributed by atoms with Crippen LogP contribution in [0, 0.1) is 0 Å². The number of carboxylic acid groups (broad SMARTS) is 1. The fraction of sp³-hybridized carbons (Fsp3) is 0.921. The van der Waals surface area contributed by atoms with Crippen LogP contribution in [0.4, 0.5) is 0 Å². The van der Waals surface area contributed by atoms with Crippen LogP contribution in [-0.4, -0.2) is 11.1 Å². The molecule has 0 radical (unpaired) electrons. The predicted molar refractivity (Wildman–Crippen MR) is 179 cm³/mol. The van der Waals surface area contributed by atoms with Gasteiger partial charge in [0.05, 0.1) is 0 Å². The van der Waals surface area contributed by atoms with E-state index in [9.17, 15) is 4.79 Å². The van der Waals surface area contributed by atoms with E-state index in [2.05, 4.69) is 13.5 Å². The highest BCUT2D eigenvalue weighted by molar-refractivity contribution is 5.85. The van der Waals surface area contributed by atoms with Gasteiger partial charge in [0.25, 0.3) is 0 Å². The van der Waals surface area contributed by atoms with Crippen molar-refractivity contribution in [1.82, 2.24) is 0 Å². The van der Waals surface area contributed by atoms with Gasteiger partial charge in [-0.1, -0.05) is 219 Å². The summed E-state index contributed by atoms with van der Waals surface area (Å²) in [7, 11) is 0. The molecule has 0 bridgehead atoms. The second kappa shape index (κ2) is 34.4. The quantitative estimate of drug-likeness (QED) is 0.0616. The minimum absolute atomic E-state index is 0.362. The molecule has 0 aromatic rings. The highest BCUT2D eigenvalue weighted by atomic mass is 16.4. The molecule has 0 spiro atoms. The van der Waals surface area contributed by atoms with Gasteiger partial charge in [-0.05, 0) is 12.8 Å². The summed E-state index contributed by atoms with van der Waals surface area (Å²) >= 11 is 0. The summed E-state index contributed by atoms with van der Waals surface area (Å²) in [5.41, 5.74) is 0.362. The molecular weight excluding hydrogens is 488 g/mol. The Morgan fingerprint density at radius 3 is 0.725 bits per heavy atom. The van der Waals surface area contributed by atoms with Crippen LogP contribution in [0.5, 0.6) is 0 Å². The number of unbranched alkanes of at least 4 members (excludes halogenated alkanes) is 32. The monoisotopic (exact) mass is 563 g/mol. The van der Waals surface area contributed by atoms with E-state index in [1.165, 1.54) is 199 Å². The number of aliphatic carboxylic acids is 1. The molecular formula is C38H74O2. The Morgan fingerprint density at radius 2 is 0.550 bits per heavy atom. The van der Waals surface area contributed by atoms with Gasteiger partial charge in [0.1, 0.15) is 0 Å². The molecule has 0 amide bonds. The molecule has 2 nitrogen and oxygen atoms in total. The third-order valence-electron chi connectivity index (χ3n) is 8.88. The van der Waals surface area contributed by atoms with Crippen LogP contribution in [-0.2, 0) is 4.79 Å². The lowest BCUT2D eigenvalue weighted by atomic mass is 10.0. The van der Waals surface area contributed by atoms with Crippen LogP contribution in [0.15, 0.2) is 12.2 Å². The summed E-state index contributed by atoms with van der Waals surface area (Å²) in [5.74, 6) is -0.837. The maximum absolute atomic E-state index is 10.7. The summed E-state index contributed by atoms with van der Waals surface area (Å²) in [5, 5.41) is 8.80. The molecule has 0 saturated heterocycles. The van der Waals surface area contributed by atoms with Crippen molar-refractivity contribution in [2.24, 2.45) is 0 Å². The zero-order chi connectivity index (χ0) is 29.2. The Bertz CT molecular complexity index is 512. The molecule has 238 valence electrons. The van der Waals surface area contributed by atoms with Gasteiger partial charge in [0, 0.05) is 5.57 Å². The first-order valence-corrected chi connectivity index (χ1v) is 18.6. The number of hydrogen-bond donors (Lipinski definition) is 1. The van der Waals surface area contributed by atoms with Gasteiger partial charge in [-0.25, -0.2) is 4.79 Å². The minimum Gasteiger partial charge on any atom is -0.478 e. The first kappa shape index (κ1) is 39.2. The van der Waals surface area contributed by atoms with Crippen LogP contribution in [0.3, 0.4) is 0 Å². The number of hydrogen-bond acceptors (Lipinski definition) is 1. The molecule has 0 rings (SSSR count). The molecule has 0 fully saturated rings. The third kappa shape index (κ3) is 33.4. The van der Waals surface area contributed by atoms with Crippen LogP contribution in [0.1, 0.15) is 225 Å². The Hall–Kier alpha value is -0.790. The Balaban J connectivity index is 3.06. The van der Waals surface area contributed by atoms with Crippen molar-refractivity contribution in [2.45, 2.75) is 225 Å². The molecule has 0 aromatic heterocycles. The van der Waals surface area contributed by atoms with E-state index in [4.69, 9.17) is 5.11 Å². The van der Waals surface area contributed by atoms with E-state index < -0.39 is 5.97 Å². The predicted octanol–water partition coefficient (Wildman–Crippen LogP) is 13.9.